The highest BCUT2D eigenvalue weighted by Gasteiger charge is 2.24. The zero-order chi connectivity index (χ0) is 11.1. The third-order valence-electron chi connectivity index (χ3n) is 3.04. The molecule has 0 spiro atoms. The highest BCUT2D eigenvalue weighted by molar-refractivity contribution is 5.72. The van der Waals surface area contributed by atoms with E-state index < -0.39 is 0 Å². The number of nitrogens with zero attached hydrogens (tertiary/aromatic N) is 1. The van der Waals surface area contributed by atoms with Crippen LogP contribution in [0.25, 0.3) is 0 Å². The maximum absolute atomic E-state index is 11.6. The summed E-state index contributed by atoms with van der Waals surface area (Å²) in [4.78, 5) is 13.9. The number of carbonyl (C=O) groups is 1. The molecular formula is C12H23NO2. The number of carbonyl (C=O) groups excluding carboxylic acids is 1. The minimum atomic E-state index is 0.0270. The molecule has 3 nitrogen and oxygen atoms in total. The Morgan fingerprint density at radius 2 is 2.00 bits per heavy atom. The molecule has 0 aromatic rings. The first-order valence-electron chi connectivity index (χ1n) is 6.09. The second-order valence-electron chi connectivity index (χ2n) is 4.45. The predicted octanol–water partition coefficient (Wildman–Crippen LogP) is 2.06. The first-order chi connectivity index (χ1) is 7.24. The zero-order valence-electron chi connectivity index (χ0n) is 10.00. The van der Waals surface area contributed by atoms with Crippen LogP contribution in [0.2, 0.25) is 0 Å². The molecule has 0 aromatic heterocycles. The van der Waals surface area contributed by atoms with E-state index in [4.69, 9.17) is 4.74 Å². The molecule has 0 unspecified atom stereocenters. The maximum Gasteiger partial charge on any atom is 0.309 e. The number of likely N-dealkylation sites (tertiary alicyclic amines) is 1. The van der Waals surface area contributed by atoms with E-state index in [1.165, 1.54) is 6.42 Å². The van der Waals surface area contributed by atoms with Gasteiger partial charge in [0.05, 0.1) is 12.5 Å². The van der Waals surface area contributed by atoms with Crippen LogP contribution in [-0.4, -0.2) is 37.6 Å². The molecule has 1 heterocycles. The largest absolute Gasteiger partial charge is 0.465 e. The van der Waals surface area contributed by atoms with Crippen molar-refractivity contribution >= 4 is 5.97 Å². The summed E-state index contributed by atoms with van der Waals surface area (Å²) < 4.78 is 5.26. The average Bonchev–Trinajstić information content (AvgIpc) is 2.25. The van der Waals surface area contributed by atoms with Gasteiger partial charge in [-0.05, 0) is 39.4 Å². The molecule has 0 bridgehead atoms. The van der Waals surface area contributed by atoms with Crippen molar-refractivity contribution in [3.05, 3.63) is 0 Å². The van der Waals surface area contributed by atoms with Gasteiger partial charge in [-0.2, -0.15) is 0 Å². The number of unbranched alkanes of at least 4 members (excludes halogenated alkanes) is 2. The van der Waals surface area contributed by atoms with Gasteiger partial charge < -0.3 is 9.64 Å². The van der Waals surface area contributed by atoms with Crippen LogP contribution in [0, 0.1) is 5.92 Å². The summed E-state index contributed by atoms with van der Waals surface area (Å²) in [6.07, 6.45) is 5.26. The average molecular weight is 213 g/mol. The Kier molecular flexibility index (Phi) is 5.69. The van der Waals surface area contributed by atoms with E-state index in [1.807, 2.05) is 0 Å². The standard InChI is InChI=1S/C12H23NO2/c1-3-4-5-10-15-12(14)11-6-8-13(2)9-7-11/h11H,3-10H2,1-2H3. The lowest BCUT2D eigenvalue weighted by Gasteiger charge is -2.27. The van der Waals surface area contributed by atoms with Crippen LogP contribution in [0.4, 0.5) is 0 Å². The summed E-state index contributed by atoms with van der Waals surface area (Å²) in [5.41, 5.74) is 0. The molecular weight excluding hydrogens is 190 g/mol. The smallest absolute Gasteiger partial charge is 0.309 e. The molecule has 1 aliphatic heterocycles. The van der Waals surface area contributed by atoms with Crippen LogP contribution in [0.3, 0.4) is 0 Å². The molecule has 1 aliphatic rings. The van der Waals surface area contributed by atoms with Gasteiger partial charge >= 0.3 is 5.97 Å². The molecule has 1 saturated heterocycles. The number of piperidine rings is 1. The van der Waals surface area contributed by atoms with Gasteiger partial charge in [-0.15, -0.1) is 0 Å². The van der Waals surface area contributed by atoms with Crippen LogP contribution in [0.15, 0.2) is 0 Å². The van der Waals surface area contributed by atoms with E-state index in [0.717, 1.165) is 38.8 Å². The molecule has 0 saturated carbocycles. The molecule has 0 aromatic carbocycles. The van der Waals surface area contributed by atoms with E-state index >= 15 is 0 Å². The van der Waals surface area contributed by atoms with Crippen molar-refractivity contribution in [2.75, 3.05) is 26.7 Å². The van der Waals surface area contributed by atoms with Crippen molar-refractivity contribution in [1.82, 2.24) is 4.90 Å². The van der Waals surface area contributed by atoms with E-state index in [-0.39, 0.29) is 11.9 Å². The molecule has 88 valence electrons. The van der Waals surface area contributed by atoms with Gasteiger partial charge in [0.15, 0.2) is 0 Å². The summed E-state index contributed by atoms with van der Waals surface area (Å²) >= 11 is 0. The Morgan fingerprint density at radius 3 is 2.60 bits per heavy atom. The quantitative estimate of drug-likeness (QED) is 0.517. The highest BCUT2D eigenvalue weighted by atomic mass is 16.5. The van der Waals surface area contributed by atoms with Gasteiger partial charge in [0.25, 0.3) is 0 Å². The fraction of sp³-hybridized carbons (Fsp3) is 0.917. The Morgan fingerprint density at radius 1 is 1.33 bits per heavy atom. The Balaban J connectivity index is 2.11. The van der Waals surface area contributed by atoms with Crippen molar-refractivity contribution in [3.63, 3.8) is 0 Å². The van der Waals surface area contributed by atoms with Gasteiger partial charge in [0.1, 0.15) is 0 Å². The van der Waals surface area contributed by atoms with Crippen LogP contribution < -0.4 is 0 Å². The van der Waals surface area contributed by atoms with Crippen molar-refractivity contribution in [2.45, 2.75) is 39.0 Å². The molecule has 0 aliphatic carbocycles. The Bertz CT molecular complexity index is 186. The third-order valence-corrected chi connectivity index (χ3v) is 3.04. The molecule has 0 radical (unpaired) electrons. The van der Waals surface area contributed by atoms with E-state index in [9.17, 15) is 4.79 Å². The SMILES string of the molecule is CCCCCOC(=O)C1CCN(C)CC1. The second-order valence-corrected chi connectivity index (χ2v) is 4.45. The normalized spacial score (nSPS) is 19.1. The first-order valence-corrected chi connectivity index (χ1v) is 6.09. The first kappa shape index (κ1) is 12.5. The van der Waals surface area contributed by atoms with E-state index in [1.54, 1.807) is 0 Å². The summed E-state index contributed by atoms with van der Waals surface area (Å²) in [6.45, 7) is 4.81. The minimum absolute atomic E-state index is 0.0270. The van der Waals surface area contributed by atoms with Crippen LogP contribution >= 0.6 is 0 Å². The summed E-state index contributed by atoms with van der Waals surface area (Å²) in [7, 11) is 2.10. The lowest BCUT2D eigenvalue weighted by Crippen LogP contribution is -2.34. The molecule has 0 atom stereocenters. The number of ether oxygens (including phenoxy) is 1. The van der Waals surface area contributed by atoms with Gasteiger partial charge in [-0.25, -0.2) is 0 Å². The Hall–Kier alpha value is -0.570. The zero-order valence-corrected chi connectivity index (χ0v) is 10.00. The van der Waals surface area contributed by atoms with E-state index in [0.29, 0.717) is 6.61 Å². The fourth-order valence-corrected chi connectivity index (χ4v) is 1.89. The molecule has 1 fully saturated rings. The molecule has 0 amide bonds. The maximum atomic E-state index is 11.6. The number of hydrogen-bond acceptors (Lipinski definition) is 3. The number of esters is 1. The Labute approximate surface area is 92.8 Å². The lowest BCUT2D eigenvalue weighted by molar-refractivity contribution is -0.150. The van der Waals surface area contributed by atoms with E-state index in [2.05, 4.69) is 18.9 Å². The summed E-state index contributed by atoms with van der Waals surface area (Å²) in [6, 6.07) is 0. The minimum Gasteiger partial charge on any atom is -0.465 e. The van der Waals surface area contributed by atoms with Gasteiger partial charge in [0, 0.05) is 0 Å². The predicted molar refractivity (Wildman–Crippen MR) is 60.7 cm³/mol. The third kappa shape index (κ3) is 4.65. The van der Waals surface area contributed by atoms with Gasteiger partial charge in [-0.1, -0.05) is 19.8 Å². The van der Waals surface area contributed by atoms with Crippen molar-refractivity contribution in [1.29, 1.82) is 0 Å². The van der Waals surface area contributed by atoms with Crippen LogP contribution in [0.1, 0.15) is 39.0 Å². The van der Waals surface area contributed by atoms with Crippen LogP contribution in [0.5, 0.6) is 0 Å². The van der Waals surface area contributed by atoms with Crippen molar-refractivity contribution in [3.8, 4) is 0 Å². The second kappa shape index (κ2) is 6.83. The number of rotatable bonds is 5. The molecule has 1 rings (SSSR count). The lowest BCUT2D eigenvalue weighted by atomic mass is 9.97. The fourth-order valence-electron chi connectivity index (χ4n) is 1.89. The topological polar surface area (TPSA) is 29.5 Å². The number of hydrogen-bond donors (Lipinski definition) is 0. The summed E-state index contributed by atoms with van der Waals surface area (Å²) in [5, 5.41) is 0. The monoisotopic (exact) mass is 213 g/mol. The van der Waals surface area contributed by atoms with Crippen molar-refractivity contribution < 1.29 is 9.53 Å². The molecule has 15 heavy (non-hydrogen) atoms. The highest BCUT2D eigenvalue weighted by Crippen LogP contribution is 2.17. The molecule has 0 N–H and O–H groups in total. The molecule has 3 heteroatoms. The van der Waals surface area contributed by atoms with Gasteiger partial charge in [0.2, 0.25) is 0 Å². The van der Waals surface area contributed by atoms with Crippen molar-refractivity contribution in [2.24, 2.45) is 5.92 Å². The van der Waals surface area contributed by atoms with Crippen LogP contribution in [-0.2, 0) is 9.53 Å². The van der Waals surface area contributed by atoms with Gasteiger partial charge in [-0.3, -0.25) is 4.79 Å². The summed E-state index contributed by atoms with van der Waals surface area (Å²) in [5.74, 6) is 0.182.